The van der Waals surface area contributed by atoms with Gasteiger partial charge >= 0.3 is 0 Å². The molecule has 2 nitrogen and oxygen atoms in total. The van der Waals surface area contributed by atoms with Gasteiger partial charge in [0.05, 0.1) is 0 Å². The van der Waals surface area contributed by atoms with Crippen molar-refractivity contribution in [1.29, 1.82) is 0 Å². The Labute approximate surface area is 87.7 Å². The molecule has 2 heteroatoms. The van der Waals surface area contributed by atoms with Gasteiger partial charge in [0.15, 0.2) is 0 Å². The van der Waals surface area contributed by atoms with Crippen molar-refractivity contribution in [2.45, 2.75) is 47.0 Å². The van der Waals surface area contributed by atoms with Gasteiger partial charge in [-0.15, -0.1) is 0 Å². The van der Waals surface area contributed by atoms with E-state index in [0.29, 0.717) is 23.7 Å². The summed E-state index contributed by atoms with van der Waals surface area (Å²) in [5, 5.41) is 0. The molecule has 14 heavy (non-hydrogen) atoms. The second-order valence-corrected chi connectivity index (χ2v) is 5.64. The van der Waals surface area contributed by atoms with Gasteiger partial charge in [0, 0.05) is 19.5 Å². The number of likely N-dealkylation sites (tertiary alicyclic amines) is 1. The summed E-state index contributed by atoms with van der Waals surface area (Å²) >= 11 is 0. The molecule has 0 saturated carbocycles. The van der Waals surface area contributed by atoms with Gasteiger partial charge in [-0.3, -0.25) is 4.79 Å². The molecule has 0 aromatic carbocycles. The molecule has 1 aliphatic rings. The predicted octanol–water partition coefficient (Wildman–Crippen LogP) is 2.68. The van der Waals surface area contributed by atoms with Crippen LogP contribution in [0.15, 0.2) is 0 Å². The van der Waals surface area contributed by atoms with E-state index in [2.05, 4.69) is 27.7 Å². The topological polar surface area (TPSA) is 20.3 Å². The van der Waals surface area contributed by atoms with E-state index in [4.69, 9.17) is 0 Å². The van der Waals surface area contributed by atoms with E-state index < -0.39 is 0 Å². The highest BCUT2D eigenvalue weighted by molar-refractivity contribution is 5.76. The minimum absolute atomic E-state index is 0.343. The van der Waals surface area contributed by atoms with Crippen molar-refractivity contribution in [3.05, 3.63) is 0 Å². The summed E-state index contributed by atoms with van der Waals surface area (Å²) in [7, 11) is 0. The first-order valence-corrected chi connectivity index (χ1v) is 5.68. The summed E-state index contributed by atoms with van der Waals surface area (Å²) in [6, 6.07) is 0. The number of carbonyl (C=O) groups excluding carboxylic acids is 1. The molecule has 0 radical (unpaired) electrons. The average molecular weight is 197 g/mol. The Bertz CT molecular complexity index is 198. The summed E-state index contributed by atoms with van der Waals surface area (Å²) in [6.07, 6.45) is 3.01. The third-order valence-electron chi connectivity index (χ3n) is 3.05. The van der Waals surface area contributed by atoms with Gasteiger partial charge in [-0.1, -0.05) is 27.7 Å². The van der Waals surface area contributed by atoms with Crippen molar-refractivity contribution >= 4 is 5.91 Å². The fourth-order valence-electron chi connectivity index (χ4n) is 1.84. The molecule has 1 aliphatic heterocycles. The number of rotatable bonds is 2. The van der Waals surface area contributed by atoms with Crippen LogP contribution in [0.25, 0.3) is 0 Å². The lowest BCUT2D eigenvalue weighted by atomic mass is 9.82. The van der Waals surface area contributed by atoms with Crippen LogP contribution in [0.4, 0.5) is 0 Å². The zero-order valence-corrected chi connectivity index (χ0v) is 9.97. The Morgan fingerprint density at radius 1 is 1.29 bits per heavy atom. The summed E-state index contributed by atoms with van der Waals surface area (Å²) in [4.78, 5) is 13.8. The zero-order valence-electron chi connectivity index (χ0n) is 9.97. The summed E-state index contributed by atoms with van der Waals surface area (Å²) in [5.41, 5.74) is 0.439. The van der Waals surface area contributed by atoms with Crippen molar-refractivity contribution in [2.75, 3.05) is 13.1 Å². The summed E-state index contributed by atoms with van der Waals surface area (Å²) < 4.78 is 0. The fraction of sp³-hybridized carbons (Fsp3) is 0.917. The first kappa shape index (κ1) is 11.5. The van der Waals surface area contributed by atoms with Gasteiger partial charge in [0.1, 0.15) is 0 Å². The molecule has 0 aromatic heterocycles. The van der Waals surface area contributed by atoms with Crippen LogP contribution >= 0.6 is 0 Å². The second kappa shape index (κ2) is 4.33. The van der Waals surface area contributed by atoms with Crippen LogP contribution in [0.5, 0.6) is 0 Å². The Balaban J connectivity index is 2.38. The van der Waals surface area contributed by atoms with Crippen LogP contribution in [-0.2, 0) is 4.79 Å². The molecule has 0 unspecified atom stereocenters. The smallest absolute Gasteiger partial charge is 0.222 e. The maximum atomic E-state index is 11.7. The molecule has 82 valence electrons. The molecule has 0 aliphatic carbocycles. The maximum Gasteiger partial charge on any atom is 0.222 e. The van der Waals surface area contributed by atoms with Crippen LogP contribution in [0, 0.1) is 11.3 Å². The molecule has 0 bridgehead atoms. The van der Waals surface area contributed by atoms with Crippen molar-refractivity contribution in [3.8, 4) is 0 Å². The van der Waals surface area contributed by atoms with Crippen LogP contribution in [-0.4, -0.2) is 23.9 Å². The summed E-state index contributed by atoms with van der Waals surface area (Å²) in [5.74, 6) is 0.827. The van der Waals surface area contributed by atoms with E-state index in [1.54, 1.807) is 0 Å². The first-order valence-electron chi connectivity index (χ1n) is 5.68. The minimum Gasteiger partial charge on any atom is -0.343 e. The number of piperidine rings is 1. The van der Waals surface area contributed by atoms with E-state index in [9.17, 15) is 4.79 Å². The van der Waals surface area contributed by atoms with Crippen molar-refractivity contribution in [2.24, 2.45) is 11.3 Å². The Morgan fingerprint density at radius 3 is 2.21 bits per heavy atom. The minimum atomic E-state index is 0.343. The lowest BCUT2D eigenvalue weighted by molar-refractivity contribution is -0.134. The standard InChI is InChI=1S/C12H23NO/c1-10(2)9-11(14)13-7-5-12(3,4)6-8-13/h10H,5-9H2,1-4H3. The zero-order chi connectivity index (χ0) is 10.8. The number of nitrogens with zero attached hydrogens (tertiary/aromatic N) is 1. The lowest BCUT2D eigenvalue weighted by Crippen LogP contribution is -2.41. The van der Waals surface area contributed by atoms with Crippen molar-refractivity contribution in [3.63, 3.8) is 0 Å². The largest absolute Gasteiger partial charge is 0.343 e. The molecule has 1 saturated heterocycles. The normalized spacial score (nSPS) is 21.4. The number of hydrogen-bond donors (Lipinski definition) is 0. The van der Waals surface area contributed by atoms with Crippen LogP contribution in [0.1, 0.15) is 47.0 Å². The van der Waals surface area contributed by atoms with Gasteiger partial charge in [-0.2, -0.15) is 0 Å². The van der Waals surface area contributed by atoms with Gasteiger partial charge in [0.25, 0.3) is 0 Å². The maximum absolute atomic E-state index is 11.7. The van der Waals surface area contributed by atoms with Crippen molar-refractivity contribution in [1.82, 2.24) is 4.90 Å². The van der Waals surface area contributed by atoms with Gasteiger partial charge in [0.2, 0.25) is 5.91 Å². The molecular weight excluding hydrogens is 174 g/mol. The van der Waals surface area contributed by atoms with Crippen LogP contribution in [0.3, 0.4) is 0 Å². The molecule has 1 amide bonds. The molecule has 0 N–H and O–H groups in total. The number of hydrogen-bond acceptors (Lipinski definition) is 1. The number of carbonyl (C=O) groups is 1. The Morgan fingerprint density at radius 2 is 1.79 bits per heavy atom. The molecule has 1 rings (SSSR count). The molecule has 0 atom stereocenters. The molecule has 0 spiro atoms. The highest BCUT2D eigenvalue weighted by atomic mass is 16.2. The highest BCUT2D eigenvalue weighted by Gasteiger charge is 2.27. The van der Waals surface area contributed by atoms with Gasteiger partial charge in [-0.25, -0.2) is 0 Å². The third kappa shape index (κ3) is 3.32. The highest BCUT2D eigenvalue weighted by Crippen LogP contribution is 2.30. The van der Waals surface area contributed by atoms with E-state index in [-0.39, 0.29) is 0 Å². The van der Waals surface area contributed by atoms with E-state index >= 15 is 0 Å². The molecule has 0 aromatic rings. The lowest BCUT2D eigenvalue weighted by Gasteiger charge is -2.37. The monoisotopic (exact) mass is 197 g/mol. The van der Waals surface area contributed by atoms with Gasteiger partial charge in [-0.05, 0) is 24.2 Å². The van der Waals surface area contributed by atoms with E-state index in [1.807, 2.05) is 4.90 Å². The van der Waals surface area contributed by atoms with Crippen molar-refractivity contribution < 1.29 is 4.79 Å². The molecular formula is C12H23NO. The second-order valence-electron chi connectivity index (χ2n) is 5.64. The molecule has 1 fully saturated rings. The van der Waals surface area contributed by atoms with Crippen LogP contribution < -0.4 is 0 Å². The van der Waals surface area contributed by atoms with E-state index in [0.717, 1.165) is 25.9 Å². The van der Waals surface area contributed by atoms with Gasteiger partial charge < -0.3 is 4.90 Å². The summed E-state index contributed by atoms with van der Waals surface area (Å²) in [6.45, 7) is 10.7. The number of amides is 1. The predicted molar refractivity (Wildman–Crippen MR) is 59.1 cm³/mol. The van der Waals surface area contributed by atoms with E-state index in [1.165, 1.54) is 0 Å². The first-order chi connectivity index (χ1) is 6.41. The van der Waals surface area contributed by atoms with Crippen LogP contribution in [0.2, 0.25) is 0 Å². The quantitative estimate of drug-likeness (QED) is 0.666. The fourth-order valence-corrected chi connectivity index (χ4v) is 1.84. The molecule has 1 heterocycles. The average Bonchev–Trinajstić information content (AvgIpc) is 2.02. The Hall–Kier alpha value is -0.530. The SMILES string of the molecule is CC(C)CC(=O)N1CCC(C)(C)CC1. The Kier molecular flexibility index (Phi) is 3.57. The third-order valence-corrected chi connectivity index (χ3v) is 3.05.